The van der Waals surface area contributed by atoms with E-state index < -0.39 is 0 Å². The Morgan fingerprint density at radius 2 is 0.698 bits per heavy atom. The Hall–Kier alpha value is -8.42. The second kappa shape index (κ2) is 14.1. The summed E-state index contributed by atoms with van der Waals surface area (Å²) in [7, 11) is 0. The maximum atomic E-state index is 7.09. The van der Waals surface area contributed by atoms with Crippen LogP contribution in [0, 0.1) is 0 Å². The van der Waals surface area contributed by atoms with Gasteiger partial charge in [-0.1, -0.05) is 127 Å². The maximum absolute atomic E-state index is 7.09. The minimum absolute atomic E-state index is 0.194. The molecule has 0 N–H and O–H groups in total. The molecule has 294 valence electrons. The van der Waals surface area contributed by atoms with Gasteiger partial charge in [-0.2, -0.15) is 0 Å². The first kappa shape index (κ1) is 35.4. The van der Waals surface area contributed by atoms with Crippen LogP contribution in [0.4, 0.5) is 34.1 Å². The molecule has 0 saturated carbocycles. The van der Waals surface area contributed by atoms with Gasteiger partial charge in [-0.15, -0.1) is 0 Å². The molecule has 2 aliphatic rings. The molecule has 0 fully saturated rings. The van der Waals surface area contributed by atoms with Crippen molar-refractivity contribution in [1.29, 1.82) is 0 Å². The van der Waals surface area contributed by atoms with Gasteiger partial charge >= 0.3 is 0 Å². The van der Waals surface area contributed by atoms with Crippen LogP contribution in [0.5, 0.6) is 23.0 Å². The number of nitrogens with zero attached hydrogens (tertiary/aromatic N) is 4. The summed E-state index contributed by atoms with van der Waals surface area (Å²) in [5, 5.41) is 9.09. The van der Waals surface area contributed by atoms with Crippen molar-refractivity contribution in [3.8, 4) is 23.0 Å². The maximum Gasteiger partial charge on any atom is 0.262 e. The van der Waals surface area contributed by atoms with Gasteiger partial charge < -0.3 is 19.3 Å². The normalized spacial score (nSPS) is 12.3. The molecule has 0 unspecified atom stereocenters. The lowest BCUT2D eigenvalue weighted by molar-refractivity contribution is 0.465. The van der Waals surface area contributed by atoms with Crippen molar-refractivity contribution in [2.24, 2.45) is 0 Å². The van der Waals surface area contributed by atoms with Crippen molar-refractivity contribution in [1.82, 2.24) is 9.97 Å². The Bertz CT molecular complexity index is 3370. The fraction of sp³-hybridized carbons (Fsp3) is 0. The van der Waals surface area contributed by atoms with Crippen LogP contribution < -0.4 is 35.7 Å². The van der Waals surface area contributed by atoms with Crippen molar-refractivity contribution in [3.05, 3.63) is 213 Å². The Morgan fingerprint density at radius 1 is 0.317 bits per heavy atom. The molecule has 6 nitrogen and oxygen atoms in total. The Labute approximate surface area is 363 Å². The molecular formula is C56H35BN4O2. The van der Waals surface area contributed by atoms with Gasteiger partial charge in [0.25, 0.3) is 6.71 Å². The highest BCUT2D eigenvalue weighted by atomic mass is 16.5. The average Bonchev–Trinajstić information content (AvgIpc) is 3.35. The van der Waals surface area contributed by atoms with Crippen LogP contribution in [0.25, 0.3) is 43.1 Å². The molecule has 0 amide bonds. The van der Waals surface area contributed by atoms with Gasteiger partial charge in [0.15, 0.2) is 0 Å². The Morgan fingerprint density at radius 3 is 1.16 bits per heavy atom. The molecule has 0 spiro atoms. The Kier molecular flexibility index (Phi) is 7.90. The highest BCUT2D eigenvalue weighted by Crippen LogP contribution is 2.48. The van der Waals surface area contributed by atoms with Crippen molar-refractivity contribution in [2.45, 2.75) is 0 Å². The SMILES string of the molecule is c1cc2c3c(c1)Oc1cc(N(c4ccncc4)c4cccc5ccccc45)c4ccccc4c1B3c1c(cc(N(c3ccncc3)c3cccc4ccccc34)c3ccccc13)O2. The first-order chi connectivity index (χ1) is 31.3. The van der Waals surface area contributed by atoms with Crippen LogP contribution in [0.2, 0.25) is 0 Å². The first-order valence-electron chi connectivity index (χ1n) is 21.2. The molecule has 4 heterocycles. The fourth-order valence-electron chi connectivity index (χ4n) is 10.1. The number of anilines is 6. The van der Waals surface area contributed by atoms with Crippen molar-refractivity contribution < 1.29 is 9.47 Å². The van der Waals surface area contributed by atoms with Crippen molar-refractivity contribution in [3.63, 3.8) is 0 Å². The van der Waals surface area contributed by atoms with Gasteiger partial charge in [0.05, 0.1) is 22.7 Å². The molecule has 0 saturated heterocycles. The molecule has 2 aromatic heterocycles. The molecule has 7 heteroatoms. The Balaban J connectivity index is 1.08. The lowest BCUT2D eigenvalue weighted by atomic mass is 9.33. The minimum atomic E-state index is -0.194. The molecule has 9 aromatic carbocycles. The number of aromatic nitrogens is 2. The predicted molar refractivity (Wildman–Crippen MR) is 259 cm³/mol. The summed E-state index contributed by atoms with van der Waals surface area (Å²) < 4.78 is 14.2. The lowest BCUT2D eigenvalue weighted by Crippen LogP contribution is -2.58. The highest BCUT2D eigenvalue weighted by molar-refractivity contribution is 7.01. The van der Waals surface area contributed by atoms with Crippen LogP contribution in [0.1, 0.15) is 0 Å². The second-order valence-corrected chi connectivity index (χ2v) is 16.1. The van der Waals surface area contributed by atoms with E-state index in [1.54, 1.807) is 0 Å². The summed E-state index contributed by atoms with van der Waals surface area (Å²) >= 11 is 0. The summed E-state index contributed by atoms with van der Waals surface area (Å²) in [5.74, 6) is 3.21. The molecule has 11 aromatic rings. The number of fused-ring (bicyclic) bond motifs is 10. The fourth-order valence-corrected chi connectivity index (χ4v) is 10.1. The van der Waals surface area contributed by atoms with Gasteiger partial charge in [-0.05, 0) is 81.0 Å². The van der Waals surface area contributed by atoms with E-state index in [0.717, 1.165) is 106 Å². The number of benzene rings is 9. The summed E-state index contributed by atoms with van der Waals surface area (Å²) in [5.41, 5.74) is 9.45. The zero-order valence-electron chi connectivity index (χ0n) is 33.9. The molecule has 0 radical (unpaired) electrons. The molecular weight excluding hydrogens is 771 g/mol. The molecule has 0 aliphatic carbocycles. The van der Waals surface area contributed by atoms with Gasteiger partial charge in [0.2, 0.25) is 0 Å². The van der Waals surface area contributed by atoms with Crippen LogP contribution in [-0.4, -0.2) is 16.7 Å². The van der Waals surface area contributed by atoms with E-state index in [9.17, 15) is 0 Å². The zero-order chi connectivity index (χ0) is 41.4. The summed E-state index contributed by atoms with van der Waals surface area (Å²) in [6, 6.07) is 66.6. The zero-order valence-corrected chi connectivity index (χ0v) is 33.9. The van der Waals surface area contributed by atoms with Crippen molar-refractivity contribution in [2.75, 3.05) is 9.80 Å². The van der Waals surface area contributed by atoms with Crippen LogP contribution in [0.3, 0.4) is 0 Å². The molecule has 63 heavy (non-hydrogen) atoms. The lowest BCUT2D eigenvalue weighted by Gasteiger charge is -2.37. The first-order valence-corrected chi connectivity index (χ1v) is 21.2. The second-order valence-electron chi connectivity index (χ2n) is 16.1. The van der Waals surface area contributed by atoms with Crippen LogP contribution in [0.15, 0.2) is 213 Å². The summed E-state index contributed by atoms with van der Waals surface area (Å²) in [6.45, 7) is -0.194. The monoisotopic (exact) mass is 806 g/mol. The number of rotatable bonds is 6. The van der Waals surface area contributed by atoms with E-state index in [2.05, 4.69) is 202 Å². The molecule has 0 atom stereocenters. The van der Waals surface area contributed by atoms with E-state index in [0.29, 0.717) is 0 Å². The van der Waals surface area contributed by atoms with Gasteiger partial charge in [-0.3, -0.25) is 9.97 Å². The number of hydrogen-bond acceptors (Lipinski definition) is 6. The van der Waals surface area contributed by atoms with E-state index in [-0.39, 0.29) is 6.71 Å². The standard InChI is InChI=1S/C56H35BN4O2/c1-3-16-40-36(12-1)14-9-22-46(40)60(38-26-30-58-31-27-38)48-34-52-54(44-20-7-5-18-42(44)48)57-55-45-21-8-6-19-43(45)49(35-53(55)63-51-25-11-24-50(62-52)56(51)57)61(39-28-32-59-33-29-39)47-23-10-15-37-13-2-4-17-41(37)47/h1-35H. The number of ether oxygens (including phenoxy) is 2. The quantitative estimate of drug-likeness (QED) is 0.156. The number of hydrogen-bond donors (Lipinski definition) is 0. The van der Waals surface area contributed by atoms with Crippen molar-refractivity contribution >= 4 is 100 Å². The third-order valence-corrected chi connectivity index (χ3v) is 12.7. The summed E-state index contributed by atoms with van der Waals surface area (Å²) in [6.07, 6.45) is 7.43. The highest BCUT2D eigenvalue weighted by Gasteiger charge is 2.43. The average molecular weight is 807 g/mol. The smallest absolute Gasteiger partial charge is 0.262 e. The van der Waals surface area contributed by atoms with Gasteiger partial charge in [-0.25, -0.2) is 0 Å². The number of pyridine rings is 2. The van der Waals surface area contributed by atoms with Crippen LogP contribution in [-0.2, 0) is 0 Å². The summed E-state index contributed by atoms with van der Waals surface area (Å²) in [4.78, 5) is 13.5. The molecule has 2 aliphatic heterocycles. The largest absolute Gasteiger partial charge is 0.458 e. The molecule has 13 rings (SSSR count). The van der Waals surface area contributed by atoms with Gasteiger partial charge in [0.1, 0.15) is 23.0 Å². The van der Waals surface area contributed by atoms with E-state index in [4.69, 9.17) is 9.47 Å². The van der Waals surface area contributed by atoms with Gasteiger partial charge in [0, 0.05) is 75.3 Å². The van der Waals surface area contributed by atoms with Crippen LogP contribution >= 0.6 is 0 Å². The third-order valence-electron chi connectivity index (χ3n) is 12.7. The van der Waals surface area contributed by atoms with E-state index in [1.807, 2.05) is 30.9 Å². The third kappa shape index (κ3) is 5.46. The topological polar surface area (TPSA) is 50.7 Å². The molecule has 0 bridgehead atoms. The van der Waals surface area contributed by atoms with E-state index in [1.165, 1.54) is 10.8 Å². The van der Waals surface area contributed by atoms with E-state index >= 15 is 0 Å². The minimum Gasteiger partial charge on any atom is -0.458 e. The predicted octanol–water partition coefficient (Wildman–Crippen LogP) is 12.8.